The zero-order valence-electron chi connectivity index (χ0n) is 14.6. The van der Waals surface area contributed by atoms with Gasteiger partial charge in [0.05, 0.1) is 11.2 Å². The monoisotopic (exact) mass is 327 g/mol. The van der Waals surface area contributed by atoms with Gasteiger partial charge < -0.3 is 4.74 Å². The molecule has 124 valence electrons. The van der Waals surface area contributed by atoms with Crippen LogP contribution in [0.3, 0.4) is 0 Å². The van der Waals surface area contributed by atoms with E-state index in [2.05, 4.69) is 75.0 Å². The number of ether oxygens (including phenoxy) is 1. The molecule has 0 saturated heterocycles. The normalized spacial score (nSPS) is 16.1. The molecule has 4 rings (SSSR count). The van der Waals surface area contributed by atoms with Crippen LogP contribution in [0.2, 0.25) is 0 Å². The van der Waals surface area contributed by atoms with E-state index in [1.54, 1.807) is 0 Å². The maximum Gasteiger partial charge on any atom is 0.129 e. The molecule has 0 saturated carbocycles. The van der Waals surface area contributed by atoms with Crippen LogP contribution >= 0.6 is 0 Å². The SMILES string of the molecule is C=CCC1OC(c2cccc(C)c2)=Cc2nc3ccc(C)cc3cc21. The maximum absolute atomic E-state index is 6.32. The lowest BCUT2D eigenvalue weighted by molar-refractivity contribution is 0.169. The fraction of sp³-hybridized carbons (Fsp3) is 0.174. The highest BCUT2D eigenvalue weighted by molar-refractivity contribution is 5.86. The molecule has 0 fully saturated rings. The van der Waals surface area contributed by atoms with E-state index in [1.807, 2.05) is 6.08 Å². The summed E-state index contributed by atoms with van der Waals surface area (Å²) < 4.78 is 6.32. The lowest BCUT2D eigenvalue weighted by Gasteiger charge is -2.26. The van der Waals surface area contributed by atoms with Crippen molar-refractivity contribution in [3.05, 3.63) is 89.1 Å². The number of fused-ring (bicyclic) bond motifs is 2. The number of nitrogens with zero attached hydrogens (tertiary/aromatic N) is 1. The number of aryl methyl sites for hydroxylation is 2. The Hall–Kier alpha value is -2.87. The second-order valence-electron chi connectivity index (χ2n) is 6.67. The number of rotatable bonds is 3. The molecule has 0 bridgehead atoms. The lowest BCUT2D eigenvalue weighted by Crippen LogP contribution is -2.11. The van der Waals surface area contributed by atoms with Gasteiger partial charge in [-0.05, 0) is 38.1 Å². The molecule has 0 radical (unpaired) electrons. The summed E-state index contributed by atoms with van der Waals surface area (Å²) in [6.07, 6.45) is 4.68. The van der Waals surface area contributed by atoms with E-state index in [9.17, 15) is 0 Å². The fourth-order valence-corrected chi connectivity index (χ4v) is 3.35. The Balaban J connectivity index is 1.89. The Bertz CT molecular complexity index is 1000. The minimum Gasteiger partial charge on any atom is -0.485 e. The second kappa shape index (κ2) is 6.21. The maximum atomic E-state index is 6.32. The van der Waals surface area contributed by atoms with Crippen LogP contribution in [0, 0.1) is 13.8 Å². The molecule has 1 aliphatic rings. The molecule has 2 nitrogen and oxygen atoms in total. The molecule has 3 aromatic rings. The molecule has 0 N–H and O–H groups in total. The first kappa shape index (κ1) is 15.6. The standard InChI is InChI=1S/C23H21NO/c1-4-6-22-19-13-18-12-16(3)9-10-20(18)24-21(19)14-23(25-22)17-8-5-7-15(2)11-17/h4-5,7-14,22H,1,6H2,2-3H3. The van der Waals surface area contributed by atoms with Crippen molar-refractivity contribution in [3.8, 4) is 0 Å². The van der Waals surface area contributed by atoms with Crippen LogP contribution in [0.4, 0.5) is 0 Å². The first-order valence-corrected chi connectivity index (χ1v) is 8.61. The Morgan fingerprint density at radius 2 is 1.92 bits per heavy atom. The number of aromatic nitrogens is 1. The summed E-state index contributed by atoms with van der Waals surface area (Å²) in [5, 5.41) is 1.16. The predicted octanol–water partition coefficient (Wildman–Crippen LogP) is 6.00. The Morgan fingerprint density at radius 3 is 2.72 bits per heavy atom. The highest BCUT2D eigenvalue weighted by Crippen LogP contribution is 2.38. The van der Waals surface area contributed by atoms with Gasteiger partial charge in [0, 0.05) is 29.0 Å². The van der Waals surface area contributed by atoms with Gasteiger partial charge in [0.2, 0.25) is 0 Å². The van der Waals surface area contributed by atoms with Gasteiger partial charge in [0.25, 0.3) is 0 Å². The van der Waals surface area contributed by atoms with Crippen LogP contribution in [0.15, 0.2) is 61.2 Å². The summed E-state index contributed by atoms with van der Waals surface area (Å²) in [5.41, 5.74) is 6.69. The Kier molecular flexibility index (Phi) is 3.89. The molecule has 2 heteroatoms. The highest BCUT2D eigenvalue weighted by Gasteiger charge is 2.24. The van der Waals surface area contributed by atoms with Crippen molar-refractivity contribution in [1.82, 2.24) is 4.98 Å². The zero-order valence-corrected chi connectivity index (χ0v) is 14.6. The van der Waals surface area contributed by atoms with E-state index in [4.69, 9.17) is 9.72 Å². The third-order valence-corrected chi connectivity index (χ3v) is 4.60. The van der Waals surface area contributed by atoms with Gasteiger partial charge >= 0.3 is 0 Å². The highest BCUT2D eigenvalue weighted by atomic mass is 16.5. The number of hydrogen-bond donors (Lipinski definition) is 0. The van der Waals surface area contributed by atoms with Crippen molar-refractivity contribution in [2.45, 2.75) is 26.4 Å². The quantitative estimate of drug-likeness (QED) is 0.551. The Labute approximate surface area is 148 Å². The summed E-state index contributed by atoms with van der Waals surface area (Å²) in [4.78, 5) is 4.90. The van der Waals surface area contributed by atoms with Gasteiger partial charge in [-0.2, -0.15) is 0 Å². The van der Waals surface area contributed by atoms with Gasteiger partial charge in [0.15, 0.2) is 0 Å². The lowest BCUT2D eigenvalue weighted by atomic mass is 9.97. The molecule has 25 heavy (non-hydrogen) atoms. The summed E-state index contributed by atoms with van der Waals surface area (Å²) in [6.45, 7) is 8.09. The fourth-order valence-electron chi connectivity index (χ4n) is 3.35. The summed E-state index contributed by atoms with van der Waals surface area (Å²) in [6, 6.07) is 17.0. The first-order chi connectivity index (χ1) is 12.1. The van der Waals surface area contributed by atoms with Crippen molar-refractivity contribution in [3.63, 3.8) is 0 Å². The molecule has 2 aromatic carbocycles. The first-order valence-electron chi connectivity index (χ1n) is 8.61. The average molecular weight is 327 g/mol. The molecule has 1 unspecified atom stereocenters. The van der Waals surface area contributed by atoms with E-state index < -0.39 is 0 Å². The number of pyridine rings is 1. The molecule has 0 spiro atoms. The summed E-state index contributed by atoms with van der Waals surface area (Å²) >= 11 is 0. The van der Waals surface area contributed by atoms with Gasteiger partial charge in [0.1, 0.15) is 11.9 Å². The van der Waals surface area contributed by atoms with Crippen molar-refractivity contribution in [2.75, 3.05) is 0 Å². The molecule has 0 amide bonds. The van der Waals surface area contributed by atoms with Crippen molar-refractivity contribution >= 4 is 22.7 Å². The van der Waals surface area contributed by atoms with Gasteiger partial charge in [-0.1, -0.05) is 41.5 Å². The van der Waals surface area contributed by atoms with E-state index in [0.717, 1.165) is 39.9 Å². The van der Waals surface area contributed by atoms with Crippen molar-refractivity contribution < 1.29 is 4.74 Å². The van der Waals surface area contributed by atoms with Crippen LogP contribution in [-0.2, 0) is 4.74 Å². The van der Waals surface area contributed by atoms with Crippen LogP contribution in [-0.4, -0.2) is 4.98 Å². The summed E-state index contributed by atoms with van der Waals surface area (Å²) in [5.74, 6) is 0.877. The number of benzene rings is 2. The zero-order chi connectivity index (χ0) is 17.4. The molecule has 1 atom stereocenters. The van der Waals surface area contributed by atoms with E-state index in [1.165, 1.54) is 11.1 Å². The topological polar surface area (TPSA) is 22.1 Å². The van der Waals surface area contributed by atoms with Gasteiger partial charge in [-0.25, -0.2) is 4.98 Å². The van der Waals surface area contributed by atoms with Crippen LogP contribution in [0.25, 0.3) is 22.7 Å². The largest absolute Gasteiger partial charge is 0.485 e. The van der Waals surface area contributed by atoms with E-state index in [0.29, 0.717) is 0 Å². The Morgan fingerprint density at radius 1 is 1.08 bits per heavy atom. The summed E-state index contributed by atoms with van der Waals surface area (Å²) in [7, 11) is 0. The molecule has 0 aliphatic carbocycles. The van der Waals surface area contributed by atoms with Crippen LogP contribution < -0.4 is 0 Å². The third kappa shape index (κ3) is 2.96. The molecular formula is C23H21NO. The minimum atomic E-state index is -0.0505. The second-order valence-corrected chi connectivity index (χ2v) is 6.67. The molecule has 1 aliphatic heterocycles. The third-order valence-electron chi connectivity index (χ3n) is 4.60. The smallest absolute Gasteiger partial charge is 0.129 e. The number of hydrogen-bond acceptors (Lipinski definition) is 2. The van der Waals surface area contributed by atoms with E-state index in [-0.39, 0.29) is 6.10 Å². The van der Waals surface area contributed by atoms with Crippen molar-refractivity contribution in [1.29, 1.82) is 0 Å². The van der Waals surface area contributed by atoms with Gasteiger partial charge in [-0.3, -0.25) is 0 Å². The predicted molar refractivity (Wildman–Crippen MR) is 104 cm³/mol. The van der Waals surface area contributed by atoms with Crippen molar-refractivity contribution in [2.24, 2.45) is 0 Å². The van der Waals surface area contributed by atoms with Crippen LogP contribution in [0.5, 0.6) is 0 Å². The van der Waals surface area contributed by atoms with Crippen LogP contribution in [0.1, 0.15) is 40.5 Å². The molecule has 2 heterocycles. The average Bonchev–Trinajstić information content (AvgIpc) is 2.60. The van der Waals surface area contributed by atoms with E-state index >= 15 is 0 Å². The molecular weight excluding hydrogens is 306 g/mol. The minimum absolute atomic E-state index is 0.0505. The molecule has 1 aromatic heterocycles. The van der Waals surface area contributed by atoms with Gasteiger partial charge in [-0.15, -0.1) is 6.58 Å².